The number of anilines is 1. The van der Waals surface area contributed by atoms with Crippen molar-refractivity contribution in [3.05, 3.63) is 70.1 Å². The molecular formula is C50H62ClFN8O3. The van der Waals surface area contributed by atoms with Gasteiger partial charge in [-0.1, -0.05) is 29.3 Å². The second-order valence-corrected chi connectivity index (χ2v) is 21.1. The minimum atomic E-state index is -0.540. The van der Waals surface area contributed by atoms with E-state index in [4.69, 9.17) is 26.3 Å². The van der Waals surface area contributed by atoms with Gasteiger partial charge in [0.2, 0.25) is 0 Å². The Balaban J connectivity index is 0.710. The Morgan fingerprint density at radius 1 is 0.889 bits per heavy atom. The number of carbonyl (C=O) groups excluding carboxylic acids is 1. The molecule has 2 bridgehead atoms. The second kappa shape index (κ2) is 16.7. The Bertz CT molecular complexity index is 2340. The van der Waals surface area contributed by atoms with E-state index in [1.54, 1.807) is 12.3 Å². The molecule has 0 radical (unpaired) electrons. The molecule has 6 heterocycles. The third-order valence-corrected chi connectivity index (χ3v) is 16.4. The Morgan fingerprint density at radius 3 is 2.27 bits per heavy atom. The molecule has 2 unspecified atom stereocenters. The number of phenols is 1. The predicted molar refractivity (Wildman–Crippen MR) is 244 cm³/mol. The van der Waals surface area contributed by atoms with Crippen LogP contribution in [0.25, 0.3) is 22.2 Å². The van der Waals surface area contributed by atoms with Crippen molar-refractivity contribution in [1.29, 1.82) is 0 Å². The molecule has 1 spiro atoms. The molecule has 7 fully saturated rings. The highest BCUT2D eigenvalue weighted by molar-refractivity contribution is 6.32. The molecule has 2 N–H and O–H groups in total. The quantitative estimate of drug-likeness (QED) is 0.153. The number of piperidine rings is 1. The third kappa shape index (κ3) is 8.62. The highest BCUT2D eigenvalue weighted by atomic mass is 35.5. The molecule has 1 amide bonds. The van der Waals surface area contributed by atoms with Gasteiger partial charge in [0.1, 0.15) is 22.8 Å². The number of carbonyl (C=O) groups is 1. The van der Waals surface area contributed by atoms with Crippen LogP contribution in [0, 0.1) is 29.5 Å². The van der Waals surface area contributed by atoms with Gasteiger partial charge in [0, 0.05) is 105 Å². The molecule has 11 nitrogen and oxygen atoms in total. The molecule has 4 aliphatic heterocycles. The van der Waals surface area contributed by atoms with Crippen LogP contribution in [-0.2, 0) is 0 Å². The molecule has 2 aromatic carbocycles. The normalized spacial score (nSPS) is 24.9. The van der Waals surface area contributed by atoms with E-state index in [1.807, 2.05) is 24.3 Å². The SMILES string of the molecule is Cc1ccc(C(=O)N2CCC3(CCC(CN4CCN(CC5(COc6nc(N7CC8CCC(C7)N8)c7cnc(-c8cc(O)cc(Cl)c8C8CC8)c(F)c7n6)CC5)CC4)CC3)CC2)cc1. The number of piperazine rings is 2. The van der Waals surface area contributed by atoms with Gasteiger partial charge in [0.25, 0.3) is 5.91 Å². The van der Waals surface area contributed by atoms with Crippen molar-refractivity contribution in [3.8, 4) is 23.0 Å². The third-order valence-electron chi connectivity index (χ3n) is 16.1. The topological polar surface area (TPSA) is 110 Å². The number of halogens is 2. The highest BCUT2D eigenvalue weighted by Gasteiger charge is 2.46. The zero-order valence-corrected chi connectivity index (χ0v) is 37.5. The number of nitrogens with zero attached hydrogens (tertiary/aromatic N) is 7. The van der Waals surface area contributed by atoms with Gasteiger partial charge in [-0.3, -0.25) is 9.78 Å². The standard InChI is InChI=1S/C50H62ClFN8O3/c1-32-2-4-35(5-3-32)47(62)59-18-16-49(17-19-59)12-10-33(11-13-49)27-57-20-22-58(23-21-57)30-50(14-15-50)31-63-48-55-45-40(46(56-48)60-28-36-8-9-37(29-60)54-36)26-53-44(43(45)52)39-24-38(61)25-41(51)42(39)34-6-7-34/h2-5,24-26,33-34,36-37,54,61H,6-23,27-31H2,1H3. The lowest BCUT2D eigenvalue weighted by Crippen LogP contribution is -2.51. The summed E-state index contributed by atoms with van der Waals surface area (Å²) in [4.78, 5) is 37.3. The summed E-state index contributed by atoms with van der Waals surface area (Å²) in [5.74, 6) is 1.29. The van der Waals surface area contributed by atoms with E-state index in [-0.39, 0.29) is 40.2 Å². The van der Waals surface area contributed by atoms with Crippen molar-refractivity contribution >= 4 is 34.2 Å². The lowest BCUT2D eigenvalue weighted by molar-refractivity contribution is 0.0313. The van der Waals surface area contributed by atoms with Crippen LogP contribution in [0.3, 0.4) is 0 Å². The van der Waals surface area contributed by atoms with Crippen molar-refractivity contribution in [2.45, 2.75) is 102 Å². The van der Waals surface area contributed by atoms with Crippen LogP contribution in [0.2, 0.25) is 5.02 Å². The monoisotopic (exact) mass is 876 g/mol. The van der Waals surface area contributed by atoms with Crippen LogP contribution >= 0.6 is 11.6 Å². The molecule has 63 heavy (non-hydrogen) atoms. The van der Waals surface area contributed by atoms with Gasteiger partial charge in [-0.2, -0.15) is 9.97 Å². The molecular weight excluding hydrogens is 815 g/mol. The maximum Gasteiger partial charge on any atom is 0.319 e. The first-order valence-corrected chi connectivity index (χ1v) is 24.3. The summed E-state index contributed by atoms with van der Waals surface area (Å²) in [6.07, 6.45) is 15.5. The number of ether oxygens (including phenoxy) is 1. The molecule has 4 saturated heterocycles. The van der Waals surface area contributed by atoms with Crippen molar-refractivity contribution in [2.75, 3.05) is 77.0 Å². The first kappa shape index (κ1) is 41.6. The number of aryl methyl sites for hydroxylation is 1. The number of nitrogens with one attached hydrogen (secondary N) is 1. The van der Waals surface area contributed by atoms with Gasteiger partial charge in [0.05, 0.1) is 12.0 Å². The highest BCUT2D eigenvalue weighted by Crippen LogP contribution is 2.51. The average molecular weight is 878 g/mol. The predicted octanol–water partition coefficient (Wildman–Crippen LogP) is 8.21. The maximum atomic E-state index is 16.9. The average Bonchev–Trinajstić information content (AvgIpc) is 4.24. The summed E-state index contributed by atoms with van der Waals surface area (Å²) >= 11 is 6.65. The maximum absolute atomic E-state index is 16.9. The fraction of sp³-hybridized carbons (Fsp3) is 0.600. The van der Waals surface area contributed by atoms with Crippen LogP contribution in [-0.4, -0.2) is 125 Å². The van der Waals surface area contributed by atoms with Crippen LogP contribution in [0.15, 0.2) is 42.6 Å². The number of aromatic hydroxyl groups is 1. The summed E-state index contributed by atoms with van der Waals surface area (Å²) in [5.41, 5.74) is 4.16. The number of likely N-dealkylation sites (tertiary alicyclic amines) is 1. The molecule has 4 aromatic rings. The Kier molecular flexibility index (Phi) is 11.0. The summed E-state index contributed by atoms with van der Waals surface area (Å²) in [7, 11) is 0. The molecule has 2 aromatic heterocycles. The second-order valence-electron chi connectivity index (χ2n) is 20.7. The molecule has 2 atom stereocenters. The molecule has 11 rings (SSSR count). The van der Waals surface area contributed by atoms with Crippen LogP contribution in [0.1, 0.15) is 104 Å². The lowest BCUT2D eigenvalue weighted by atomic mass is 9.65. The lowest BCUT2D eigenvalue weighted by Gasteiger charge is -2.47. The van der Waals surface area contributed by atoms with Gasteiger partial charge < -0.3 is 34.8 Å². The molecule has 7 aliphatic rings. The minimum absolute atomic E-state index is 0.0136. The number of benzene rings is 2. The summed E-state index contributed by atoms with van der Waals surface area (Å²) in [6, 6.07) is 12.1. The first-order chi connectivity index (χ1) is 30.6. The smallest absolute Gasteiger partial charge is 0.319 e. The number of phenolic OH excluding ortho intramolecular Hbond substituents is 1. The summed E-state index contributed by atoms with van der Waals surface area (Å²) in [5, 5.41) is 15.2. The van der Waals surface area contributed by atoms with Crippen LogP contribution in [0.5, 0.6) is 11.8 Å². The fourth-order valence-corrected chi connectivity index (χ4v) is 12.2. The van der Waals surface area contributed by atoms with Crippen LogP contribution in [0.4, 0.5) is 10.2 Å². The van der Waals surface area contributed by atoms with Crippen molar-refractivity contribution < 1.29 is 19.0 Å². The minimum Gasteiger partial charge on any atom is -0.508 e. The zero-order valence-electron chi connectivity index (χ0n) is 36.8. The number of hydrogen-bond acceptors (Lipinski definition) is 10. The Morgan fingerprint density at radius 2 is 1.59 bits per heavy atom. The van der Waals surface area contributed by atoms with E-state index in [0.717, 1.165) is 127 Å². The number of pyridine rings is 1. The van der Waals surface area contributed by atoms with Gasteiger partial charge in [0.15, 0.2) is 5.82 Å². The number of fused-ring (bicyclic) bond motifs is 3. The van der Waals surface area contributed by atoms with Gasteiger partial charge in [-0.25, -0.2) is 4.39 Å². The van der Waals surface area contributed by atoms with Crippen molar-refractivity contribution in [1.82, 2.24) is 35.0 Å². The number of amides is 1. The Hall–Kier alpha value is -4.10. The molecule has 334 valence electrons. The number of hydrogen-bond donors (Lipinski definition) is 2. The largest absolute Gasteiger partial charge is 0.508 e. The van der Waals surface area contributed by atoms with Gasteiger partial charge >= 0.3 is 6.01 Å². The van der Waals surface area contributed by atoms with Gasteiger partial charge in [-0.05, 0) is 131 Å². The van der Waals surface area contributed by atoms with Crippen molar-refractivity contribution in [2.24, 2.45) is 16.7 Å². The first-order valence-electron chi connectivity index (χ1n) is 23.9. The van der Waals surface area contributed by atoms with E-state index in [9.17, 15) is 9.90 Å². The summed E-state index contributed by atoms with van der Waals surface area (Å²) in [6.45, 7) is 12.4. The molecule has 3 saturated carbocycles. The van der Waals surface area contributed by atoms with E-state index in [1.165, 1.54) is 43.9 Å². The number of aromatic nitrogens is 3. The van der Waals surface area contributed by atoms with E-state index < -0.39 is 5.82 Å². The zero-order chi connectivity index (χ0) is 42.9. The Labute approximate surface area is 375 Å². The van der Waals surface area contributed by atoms with Gasteiger partial charge in [-0.15, -0.1) is 0 Å². The fourth-order valence-electron chi connectivity index (χ4n) is 11.8. The molecule has 13 heteroatoms. The molecule has 3 aliphatic carbocycles. The van der Waals surface area contributed by atoms with Crippen LogP contribution < -0.4 is 15.0 Å². The van der Waals surface area contributed by atoms with E-state index >= 15 is 4.39 Å². The van der Waals surface area contributed by atoms with E-state index in [2.05, 4.69) is 36.8 Å². The number of rotatable bonds is 11. The van der Waals surface area contributed by atoms with E-state index in [0.29, 0.717) is 45.9 Å². The van der Waals surface area contributed by atoms with Crippen molar-refractivity contribution in [3.63, 3.8) is 0 Å². The summed E-state index contributed by atoms with van der Waals surface area (Å²) < 4.78 is 23.5.